The van der Waals surface area contributed by atoms with Crippen LogP contribution >= 0.6 is 0 Å². The first kappa shape index (κ1) is 25.7. The highest BCUT2D eigenvalue weighted by Crippen LogP contribution is 2.28. The van der Waals surface area contributed by atoms with E-state index in [-0.39, 0.29) is 18.3 Å². The Balaban J connectivity index is 1.33. The first-order chi connectivity index (χ1) is 17.6. The van der Waals surface area contributed by atoms with Gasteiger partial charge in [0.25, 0.3) is 5.91 Å². The molecule has 36 heavy (non-hydrogen) atoms. The summed E-state index contributed by atoms with van der Waals surface area (Å²) in [5.74, 6) is 0.847. The molecular formula is C30H36N2O4. The number of nitrogens with one attached hydrogen (secondary N) is 1. The average Bonchev–Trinajstić information content (AvgIpc) is 3.40. The maximum absolute atomic E-state index is 12.6. The van der Waals surface area contributed by atoms with Gasteiger partial charge in [-0.1, -0.05) is 87.4 Å². The smallest absolute Gasteiger partial charge is 0.309 e. The number of benzene rings is 2. The fourth-order valence-electron chi connectivity index (χ4n) is 5.02. The van der Waals surface area contributed by atoms with Crippen LogP contribution in [0.2, 0.25) is 0 Å². The normalized spacial score (nSPS) is 13.9. The lowest BCUT2D eigenvalue weighted by Crippen LogP contribution is -2.24. The highest BCUT2D eigenvalue weighted by molar-refractivity contribution is 5.92. The first-order valence-corrected chi connectivity index (χ1v) is 13.1. The molecule has 3 aromatic rings. The standard InChI is InChI=1S/C30H36N2O4/c1-35-28(33)20-24-14-9-13-23(18-24)19-25-15-5-6-16-26(25)30-32-27(21-36-30)29(34)31-17-8-7-12-22-10-3-2-4-11-22/h5-6,9,13-16,18,21-22H,2-4,7-8,10-12,17,19-20H2,1H3,(H,31,34). The molecular weight excluding hydrogens is 452 g/mol. The van der Waals surface area contributed by atoms with E-state index in [2.05, 4.69) is 10.3 Å². The fourth-order valence-corrected chi connectivity index (χ4v) is 5.02. The van der Waals surface area contributed by atoms with Crippen molar-refractivity contribution < 1.29 is 18.7 Å². The van der Waals surface area contributed by atoms with E-state index in [1.54, 1.807) is 0 Å². The van der Waals surface area contributed by atoms with E-state index in [0.717, 1.165) is 41.0 Å². The fraction of sp³-hybridized carbons (Fsp3) is 0.433. The number of carbonyl (C=O) groups excluding carboxylic acids is 2. The molecule has 1 saturated carbocycles. The number of carbonyl (C=O) groups is 2. The molecule has 1 aliphatic carbocycles. The number of hydrogen-bond donors (Lipinski definition) is 1. The molecule has 0 spiro atoms. The van der Waals surface area contributed by atoms with Gasteiger partial charge in [-0.2, -0.15) is 0 Å². The molecule has 6 heteroatoms. The van der Waals surface area contributed by atoms with Crippen LogP contribution in [0.1, 0.15) is 78.5 Å². The van der Waals surface area contributed by atoms with Crippen LogP contribution in [-0.2, 0) is 22.4 Å². The van der Waals surface area contributed by atoms with E-state index in [9.17, 15) is 9.59 Å². The number of nitrogens with zero attached hydrogens (tertiary/aromatic N) is 1. The number of rotatable bonds is 11. The molecule has 0 unspecified atom stereocenters. The SMILES string of the molecule is COC(=O)Cc1cccc(Cc2ccccc2-c2nc(C(=O)NCCCCC3CCCCC3)co2)c1. The number of unbranched alkanes of at least 4 members (excludes halogenated alkanes) is 1. The van der Waals surface area contributed by atoms with Crippen LogP contribution in [0.4, 0.5) is 0 Å². The van der Waals surface area contributed by atoms with Crippen LogP contribution in [0.5, 0.6) is 0 Å². The zero-order valence-electron chi connectivity index (χ0n) is 21.1. The van der Waals surface area contributed by atoms with Crippen molar-refractivity contribution in [2.75, 3.05) is 13.7 Å². The van der Waals surface area contributed by atoms with Crippen molar-refractivity contribution >= 4 is 11.9 Å². The van der Waals surface area contributed by atoms with Gasteiger partial charge in [-0.25, -0.2) is 4.98 Å². The Labute approximate surface area is 213 Å². The highest BCUT2D eigenvalue weighted by Gasteiger charge is 2.16. The second-order valence-corrected chi connectivity index (χ2v) is 9.70. The van der Waals surface area contributed by atoms with E-state index in [0.29, 0.717) is 24.6 Å². The second kappa shape index (κ2) is 13.1. The van der Waals surface area contributed by atoms with Gasteiger partial charge in [-0.05, 0) is 41.5 Å². The lowest BCUT2D eigenvalue weighted by molar-refractivity contribution is -0.139. The van der Waals surface area contributed by atoms with Crippen LogP contribution in [0.25, 0.3) is 11.5 Å². The summed E-state index contributed by atoms with van der Waals surface area (Å²) < 4.78 is 10.5. The minimum Gasteiger partial charge on any atom is -0.469 e. The molecule has 6 nitrogen and oxygen atoms in total. The highest BCUT2D eigenvalue weighted by atomic mass is 16.5. The Morgan fingerprint density at radius 1 is 1.03 bits per heavy atom. The van der Waals surface area contributed by atoms with Gasteiger partial charge >= 0.3 is 5.97 Å². The van der Waals surface area contributed by atoms with E-state index in [1.165, 1.54) is 51.9 Å². The Hall–Kier alpha value is -3.41. The summed E-state index contributed by atoms with van der Waals surface area (Å²) in [6.07, 6.45) is 12.6. The minimum atomic E-state index is -0.262. The summed E-state index contributed by atoms with van der Waals surface area (Å²) in [6.45, 7) is 0.659. The molecule has 1 aliphatic rings. The molecule has 1 aromatic heterocycles. The third-order valence-corrected chi connectivity index (χ3v) is 7.00. The van der Waals surface area contributed by atoms with Gasteiger partial charge in [-0.15, -0.1) is 0 Å². The van der Waals surface area contributed by atoms with Crippen LogP contribution in [0.15, 0.2) is 59.2 Å². The van der Waals surface area contributed by atoms with E-state index in [1.807, 2.05) is 48.5 Å². The minimum absolute atomic E-state index is 0.198. The molecule has 1 heterocycles. The van der Waals surface area contributed by atoms with Crippen LogP contribution in [0, 0.1) is 5.92 Å². The molecule has 190 valence electrons. The van der Waals surface area contributed by atoms with Crippen molar-refractivity contribution in [1.82, 2.24) is 10.3 Å². The van der Waals surface area contributed by atoms with E-state index in [4.69, 9.17) is 9.15 Å². The molecule has 4 rings (SSSR count). The maximum Gasteiger partial charge on any atom is 0.309 e. The molecule has 1 N–H and O–H groups in total. The Kier molecular flexibility index (Phi) is 9.31. The summed E-state index contributed by atoms with van der Waals surface area (Å²) in [4.78, 5) is 28.7. The summed E-state index contributed by atoms with van der Waals surface area (Å²) in [5, 5.41) is 2.98. The number of oxazole rings is 1. The molecule has 0 radical (unpaired) electrons. The first-order valence-electron chi connectivity index (χ1n) is 13.1. The number of aromatic nitrogens is 1. The summed E-state index contributed by atoms with van der Waals surface area (Å²) in [7, 11) is 1.39. The van der Waals surface area contributed by atoms with Gasteiger partial charge in [0.1, 0.15) is 6.26 Å². The van der Waals surface area contributed by atoms with Gasteiger partial charge in [-0.3, -0.25) is 9.59 Å². The van der Waals surface area contributed by atoms with E-state index >= 15 is 0 Å². The summed E-state index contributed by atoms with van der Waals surface area (Å²) >= 11 is 0. The molecule has 1 fully saturated rings. The predicted octanol–water partition coefficient (Wildman–Crippen LogP) is 6.13. The molecule has 2 aromatic carbocycles. The largest absolute Gasteiger partial charge is 0.469 e. The molecule has 0 bridgehead atoms. The molecule has 1 amide bonds. The Morgan fingerprint density at radius 2 is 1.83 bits per heavy atom. The van der Waals surface area contributed by atoms with Gasteiger partial charge in [0.15, 0.2) is 5.69 Å². The zero-order valence-corrected chi connectivity index (χ0v) is 21.1. The molecule has 0 aliphatic heterocycles. The number of hydrogen-bond acceptors (Lipinski definition) is 5. The maximum atomic E-state index is 12.6. The monoisotopic (exact) mass is 488 g/mol. The van der Waals surface area contributed by atoms with Gasteiger partial charge in [0, 0.05) is 12.1 Å². The summed E-state index contributed by atoms with van der Waals surface area (Å²) in [6, 6.07) is 15.8. The zero-order chi connectivity index (χ0) is 25.2. The van der Waals surface area contributed by atoms with Crippen LogP contribution in [0.3, 0.4) is 0 Å². The van der Waals surface area contributed by atoms with Gasteiger partial charge in [0.05, 0.1) is 13.5 Å². The van der Waals surface area contributed by atoms with Crippen molar-refractivity contribution in [3.8, 4) is 11.5 Å². The number of esters is 1. The van der Waals surface area contributed by atoms with E-state index < -0.39 is 0 Å². The number of methoxy groups -OCH3 is 1. The predicted molar refractivity (Wildman–Crippen MR) is 140 cm³/mol. The second-order valence-electron chi connectivity index (χ2n) is 9.70. The Morgan fingerprint density at radius 3 is 2.67 bits per heavy atom. The number of ether oxygens (including phenoxy) is 1. The van der Waals surface area contributed by atoms with Gasteiger partial charge < -0.3 is 14.5 Å². The van der Waals surface area contributed by atoms with Crippen molar-refractivity contribution in [3.05, 3.63) is 77.2 Å². The third kappa shape index (κ3) is 7.30. The van der Waals surface area contributed by atoms with Gasteiger partial charge in [0.2, 0.25) is 5.89 Å². The molecule has 0 atom stereocenters. The Bertz CT molecular complexity index is 1150. The molecule has 0 saturated heterocycles. The van der Waals surface area contributed by atoms with Crippen LogP contribution in [-0.4, -0.2) is 30.5 Å². The van der Waals surface area contributed by atoms with Crippen molar-refractivity contribution in [3.63, 3.8) is 0 Å². The van der Waals surface area contributed by atoms with Crippen molar-refractivity contribution in [2.24, 2.45) is 5.92 Å². The summed E-state index contributed by atoms with van der Waals surface area (Å²) in [5.41, 5.74) is 4.16. The van der Waals surface area contributed by atoms with Crippen molar-refractivity contribution in [2.45, 2.75) is 64.2 Å². The van der Waals surface area contributed by atoms with Crippen LogP contribution < -0.4 is 5.32 Å². The lowest BCUT2D eigenvalue weighted by Gasteiger charge is -2.21. The quantitative estimate of drug-likeness (QED) is 0.259. The number of amides is 1. The lowest BCUT2D eigenvalue weighted by atomic mass is 9.86. The topological polar surface area (TPSA) is 81.4 Å². The van der Waals surface area contributed by atoms with Crippen molar-refractivity contribution in [1.29, 1.82) is 0 Å². The average molecular weight is 489 g/mol. The third-order valence-electron chi connectivity index (χ3n) is 7.00.